The predicted molar refractivity (Wildman–Crippen MR) is 132 cm³/mol. The van der Waals surface area contributed by atoms with Crippen LogP contribution in [0.25, 0.3) is 0 Å². The van der Waals surface area contributed by atoms with E-state index in [4.69, 9.17) is 4.98 Å². The van der Waals surface area contributed by atoms with Crippen LogP contribution in [0, 0.1) is 18.8 Å². The van der Waals surface area contributed by atoms with Gasteiger partial charge in [0, 0.05) is 42.6 Å². The van der Waals surface area contributed by atoms with Gasteiger partial charge in [-0.25, -0.2) is 0 Å². The smallest absolute Gasteiger partial charge is 0.222 e. The van der Waals surface area contributed by atoms with E-state index in [1.807, 2.05) is 6.20 Å². The van der Waals surface area contributed by atoms with E-state index in [9.17, 15) is 4.79 Å². The van der Waals surface area contributed by atoms with Gasteiger partial charge in [0.1, 0.15) is 0 Å². The maximum absolute atomic E-state index is 13.0. The number of likely N-dealkylation sites (tertiary alicyclic amines) is 2. The van der Waals surface area contributed by atoms with Crippen molar-refractivity contribution < 1.29 is 4.79 Å². The summed E-state index contributed by atoms with van der Waals surface area (Å²) in [5.41, 5.74) is 6.91. The van der Waals surface area contributed by atoms with Crippen molar-refractivity contribution >= 4 is 21.8 Å². The maximum atomic E-state index is 13.0. The van der Waals surface area contributed by atoms with Crippen molar-refractivity contribution in [1.82, 2.24) is 14.8 Å². The summed E-state index contributed by atoms with van der Waals surface area (Å²) >= 11 is 3.63. The molecule has 5 heteroatoms. The maximum Gasteiger partial charge on any atom is 0.222 e. The largest absolute Gasteiger partial charge is 0.343 e. The highest BCUT2D eigenvalue weighted by molar-refractivity contribution is 9.10. The monoisotopic (exact) mass is 495 g/mol. The molecule has 1 aromatic heterocycles. The number of rotatable bonds is 3. The van der Waals surface area contributed by atoms with Crippen molar-refractivity contribution in [2.24, 2.45) is 11.8 Å². The first-order valence-electron chi connectivity index (χ1n) is 12.2. The minimum absolute atomic E-state index is 0.330. The summed E-state index contributed by atoms with van der Waals surface area (Å²) in [6.07, 6.45) is 8.08. The first-order valence-corrected chi connectivity index (χ1v) is 13.0. The molecule has 5 rings (SSSR count). The van der Waals surface area contributed by atoms with Gasteiger partial charge in [0.25, 0.3) is 0 Å². The molecule has 2 aliphatic heterocycles. The van der Waals surface area contributed by atoms with Crippen molar-refractivity contribution in [3.8, 4) is 0 Å². The number of nitrogens with zero attached hydrogens (tertiary/aromatic N) is 3. The first kappa shape index (κ1) is 22.1. The second-order valence-electron chi connectivity index (χ2n) is 10.2. The van der Waals surface area contributed by atoms with E-state index < -0.39 is 0 Å². The molecular formula is C27H34BrN3O. The highest BCUT2D eigenvalue weighted by Crippen LogP contribution is 2.43. The Kier molecular flexibility index (Phi) is 6.39. The third-order valence-electron chi connectivity index (χ3n) is 7.88. The van der Waals surface area contributed by atoms with Crippen LogP contribution in [0.2, 0.25) is 0 Å². The number of hydrogen-bond acceptors (Lipinski definition) is 3. The molecule has 0 spiro atoms. The molecule has 0 N–H and O–H groups in total. The molecule has 2 aromatic rings. The third-order valence-corrected chi connectivity index (χ3v) is 8.31. The Balaban J connectivity index is 1.35. The quantitative estimate of drug-likeness (QED) is 0.603. The van der Waals surface area contributed by atoms with Crippen LogP contribution in [0.15, 0.2) is 34.9 Å². The van der Waals surface area contributed by atoms with Crippen molar-refractivity contribution in [2.45, 2.75) is 51.4 Å². The van der Waals surface area contributed by atoms with Gasteiger partial charge in [-0.1, -0.05) is 23.8 Å². The van der Waals surface area contributed by atoms with Crippen molar-refractivity contribution in [1.29, 1.82) is 0 Å². The van der Waals surface area contributed by atoms with Crippen molar-refractivity contribution in [2.75, 3.05) is 33.2 Å². The highest BCUT2D eigenvalue weighted by atomic mass is 79.9. The van der Waals surface area contributed by atoms with Crippen LogP contribution < -0.4 is 0 Å². The molecule has 2 fully saturated rings. The van der Waals surface area contributed by atoms with Gasteiger partial charge in [0.2, 0.25) is 5.91 Å². The van der Waals surface area contributed by atoms with Gasteiger partial charge in [-0.2, -0.15) is 0 Å². The van der Waals surface area contributed by atoms with Gasteiger partial charge in [-0.3, -0.25) is 9.78 Å². The lowest BCUT2D eigenvalue weighted by molar-refractivity contribution is -0.133. The average Bonchev–Trinajstić information content (AvgIpc) is 3.12. The van der Waals surface area contributed by atoms with E-state index >= 15 is 0 Å². The summed E-state index contributed by atoms with van der Waals surface area (Å²) in [5, 5.41) is 0. The third kappa shape index (κ3) is 4.51. The fraction of sp³-hybridized carbons (Fsp3) is 0.556. The SMILES string of the molecule is Cc1ccc2c(c1)CCc1cc(Br)cnc1C2C1CCN(C(=O)CC2CCN(C)C2)CC1. The summed E-state index contributed by atoms with van der Waals surface area (Å²) in [5.74, 6) is 1.76. The molecule has 170 valence electrons. The van der Waals surface area contributed by atoms with E-state index in [0.29, 0.717) is 23.7 Å². The number of hydrogen-bond donors (Lipinski definition) is 0. The number of aryl methyl sites for hydroxylation is 3. The molecule has 1 amide bonds. The second-order valence-corrected chi connectivity index (χ2v) is 11.1. The Morgan fingerprint density at radius 2 is 1.88 bits per heavy atom. The highest BCUT2D eigenvalue weighted by Gasteiger charge is 2.35. The topological polar surface area (TPSA) is 36.4 Å². The predicted octanol–water partition coefficient (Wildman–Crippen LogP) is 4.96. The van der Waals surface area contributed by atoms with E-state index in [1.54, 1.807) is 0 Å². The summed E-state index contributed by atoms with van der Waals surface area (Å²) in [6.45, 7) is 6.15. The van der Waals surface area contributed by atoms with Crippen LogP contribution in [0.1, 0.15) is 59.5 Å². The molecule has 2 saturated heterocycles. The number of carbonyl (C=O) groups excluding carboxylic acids is 1. The first-order chi connectivity index (χ1) is 15.5. The molecule has 0 bridgehead atoms. The Morgan fingerprint density at radius 1 is 1.09 bits per heavy atom. The van der Waals surface area contributed by atoms with Gasteiger partial charge in [-0.05, 0) is 103 Å². The van der Waals surface area contributed by atoms with Gasteiger partial charge >= 0.3 is 0 Å². The second kappa shape index (κ2) is 9.26. The standard InChI is InChI=1S/C27H34BrN3O/c1-18-3-6-24-21(13-18)4-5-22-15-23(28)16-29-27(22)26(24)20-8-11-31(12-9-20)25(32)14-19-7-10-30(2)17-19/h3,6,13,15-16,19-20,26H,4-5,7-12,14,17H2,1-2H3. The number of amides is 1. The van der Waals surface area contributed by atoms with Gasteiger partial charge in [0.15, 0.2) is 0 Å². The zero-order valence-corrected chi connectivity index (χ0v) is 20.9. The summed E-state index contributed by atoms with van der Waals surface area (Å²) in [4.78, 5) is 22.4. The van der Waals surface area contributed by atoms with E-state index in [2.05, 4.69) is 64.0 Å². The minimum Gasteiger partial charge on any atom is -0.343 e. The Labute approximate surface area is 200 Å². The van der Waals surface area contributed by atoms with Crippen LogP contribution >= 0.6 is 15.9 Å². The molecule has 0 radical (unpaired) electrons. The molecule has 1 aliphatic carbocycles. The lowest BCUT2D eigenvalue weighted by atomic mass is 9.76. The molecule has 2 unspecified atom stereocenters. The Hall–Kier alpha value is -1.72. The molecule has 3 heterocycles. The number of aromatic nitrogens is 1. The fourth-order valence-corrected chi connectivity index (χ4v) is 6.55. The molecule has 2 atom stereocenters. The Bertz CT molecular complexity index is 945. The van der Waals surface area contributed by atoms with Gasteiger partial charge in [-0.15, -0.1) is 0 Å². The number of piperidine rings is 1. The number of halogens is 1. The van der Waals surface area contributed by atoms with E-state index in [1.165, 1.54) is 27.9 Å². The van der Waals surface area contributed by atoms with Crippen LogP contribution in [-0.2, 0) is 17.6 Å². The van der Waals surface area contributed by atoms with Crippen molar-refractivity contribution in [3.05, 3.63) is 62.9 Å². The van der Waals surface area contributed by atoms with Crippen molar-refractivity contribution in [3.63, 3.8) is 0 Å². The van der Waals surface area contributed by atoms with Gasteiger partial charge < -0.3 is 9.80 Å². The number of fused-ring (bicyclic) bond motifs is 2. The van der Waals surface area contributed by atoms with E-state index in [0.717, 1.165) is 69.2 Å². The normalized spacial score (nSPS) is 24.2. The van der Waals surface area contributed by atoms with Crippen LogP contribution in [0.4, 0.5) is 0 Å². The lowest BCUT2D eigenvalue weighted by Crippen LogP contribution is -2.40. The molecule has 4 nitrogen and oxygen atoms in total. The zero-order valence-electron chi connectivity index (χ0n) is 19.3. The molecule has 0 saturated carbocycles. The number of benzene rings is 1. The van der Waals surface area contributed by atoms with Crippen LogP contribution in [-0.4, -0.2) is 53.9 Å². The number of carbonyl (C=O) groups is 1. The molecular weight excluding hydrogens is 462 g/mol. The summed E-state index contributed by atoms with van der Waals surface area (Å²) in [6, 6.07) is 9.25. The van der Waals surface area contributed by atoms with Gasteiger partial charge in [0.05, 0.1) is 5.69 Å². The Morgan fingerprint density at radius 3 is 2.62 bits per heavy atom. The molecule has 3 aliphatic rings. The van der Waals surface area contributed by atoms with Crippen LogP contribution in [0.5, 0.6) is 0 Å². The number of pyridine rings is 1. The summed E-state index contributed by atoms with van der Waals surface area (Å²) < 4.78 is 1.06. The fourth-order valence-electron chi connectivity index (χ4n) is 6.17. The minimum atomic E-state index is 0.330. The molecule has 32 heavy (non-hydrogen) atoms. The molecule has 1 aromatic carbocycles. The summed E-state index contributed by atoms with van der Waals surface area (Å²) in [7, 11) is 2.16. The van der Waals surface area contributed by atoms with Crippen LogP contribution in [0.3, 0.4) is 0 Å². The van der Waals surface area contributed by atoms with E-state index in [-0.39, 0.29) is 0 Å². The lowest BCUT2D eigenvalue weighted by Gasteiger charge is -2.37. The zero-order chi connectivity index (χ0) is 22.2. The average molecular weight is 496 g/mol.